The van der Waals surface area contributed by atoms with Gasteiger partial charge in [0, 0.05) is 11.3 Å². The van der Waals surface area contributed by atoms with Crippen LogP contribution in [0.25, 0.3) is 0 Å². The SMILES string of the molecule is CCOc1cc(C(=O)N/N=C/c2ccc(OCC(=O)Nc3ccc(Cl)c(Cl)c3)c(OC)c2)ccc1OCc1ccccc1. The average Bonchev–Trinajstić information content (AvgIpc) is 3.02. The van der Waals surface area contributed by atoms with Gasteiger partial charge in [-0.3, -0.25) is 9.59 Å². The van der Waals surface area contributed by atoms with Crippen molar-refractivity contribution in [2.45, 2.75) is 13.5 Å². The molecule has 0 unspecified atom stereocenters. The van der Waals surface area contributed by atoms with E-state index in [1.54, 1.807) is 54.6 Å². The summed E-state index contributed by atoms with van der Waals surface area (Å²) in [5.74, 6) is 0.910. The highest BCUT2D eigenvalue weighted by molar-refractivity contribution is 6.42. The summed E-state index contributed by atoms with van der Waals surface area (Å²) in [6.45, 7) is 2.37. The maximum Gasteiger partial charge on any atom is 0.271 e. The van der Waals surface area contributed by atoms with Crippen LogP contribution in [-0.2, 0) is 11.4 Å². The number of nitrogens with zero attached hydrogens (tertiary/aromatic N) is 1. The number of nitrogens with one attached hydrogen (secondary N) is 2. The Morgan fingerprint density at radius 3 is 2.33 bits per heavy atom. The number of hydrogen-bond donors (Lipinski definition) is 2. The van der Waals surface area contributed by atoms with Crippen molar-refractivity contribution < 1.29 is 28.5 Å². The summed E-state index contributed by atoms with van der Waals surface area (Å²) in [6, 6.07) is 24.5. The standard InChI is InChI=1S/C32H29Cl2N3O6/c1-3-41-30-16-23(10-14-28(30)42-19-21-7-5-4-6-8-21)32(39)37-35-18-22-9-13-27(29(15-22)40-2)43-20-31(38)36-24-11-12-25(33)26(34)17-24/h4-18H,3,19-20H2,1-2H3,(H,36,38)(H,37,39)/b35-18+. The number of halogens is 2. The minimum absolute atomic E-state index is 0.264. The average molecular weight is 623 g/mol. The van der Waals surface area contributed by atoms with Crippen LogP contribution in [-0.4, -0.2) is 38.4 Å². The van der Waals surface area contributed by atoms with E-state index in [0.717, 1.165) is 5.56 Å². The van der Waals surface area contributed by atoms with Crippen LogP contribution in [0.5, 0.6) is 23.0 Å². The van der Waals surface area contributed by atoms with E-state index in [2.05, 4.69) is 15.8 Å². The minimum Gasteiger partial charge on any atom is -0.493 e. The molecular formula is C32H29Cl2N3O6. The van der Waals surface area contributed by atoms with Crippen molar-refractivity contribution in [2.24, 2.45) is 5.10 Å². The van der Waals surface area contributed by atoms with Gasteiger partial charge in [-0.15, -0.1) is 0 Å². The molecule has 0 aromatic heterocycles. The van der Waals surface area contributed by atoms with Gasteiger partial charge in [0.15, 0.2) is 29.6 Å². The fourth-order valence-electron chi connectivity index (χ4n) is 3.80. The van der Waals surface area contributed by atoms with Gasteiger partial charge in [-0.05, 0) is 72.6 Å². The Morgan fingerprint density at radius 1 is 0.814 bits per heavy atom. The third kappa shape index (κ3) is 9.13. The van der Waals surface area contributed by atoms with E-state index in [0.29, 0.717) is 63.1 Å². The molecule has 0 aliphatic rings. The number of ether oxygens (including phenoxy) is 4. The summed E-state index contributed by atoms with van der Waals surface area (Å²) < 4.78 is 22.6. The summed E-state index contributed by atoms with van der Waals surface area (Å²) >= 11 is 11.9. The molecule has 222 valence electrons. The van der Waals surface area contributed by atoms with E-state index in [4.69, 9.17) is 42.1 Å². The number of rotatable bonds is 13. The first kappa shape index (κ1) is 31.2. The van der Waals surface area contributed by atoms with E-state index in [-0.39, 0.29) is 6.61 Å². The molecule has 4 aromatic rings. The second kappa shape index (κ2) is 15.5. The van der Waals surface area contributed by atoms with E-state index >= 15 is 0 Å². The zero-order valence-corrected chi connectivity index (χ0v) is 24.9. The van der Waals surface area contributed by atoms with Gasteiger partial charge >= 0.3 is 0 Å². The van der Waals surface area contributed by atoms with Gasteiger partial charge in [0.25, 0.3) is 11.8 Å². The quantitative estimate of drug-likeness (QED) is 0.126. The highest BCUT2D eigenvalue weighted by Crippen LogP contribution is 2.30. The lowest BCUT2D eigenvalue weighted by atomic mass is 10.2. The third-order valence-electron chi connectivity index (χ3n) is 5.87. The molecule has 0 atom stereocenters. The molecule has 4 aromatic carbocycles. The molecule has 0 bridgehead atoms. The van der Waals surface area contributed by atoms with Crippen molar-refractivity contribution in [1.82, 2.24) is 5.43 Å². The van der Waals surface area contributed by atoms with Gasteiger partial charge in [-0.1, -0.05) is 53.5 Å². The number of anilines is 1. The van der Waals surface area contributed by atoms with Gasteiger partial charge in [0.2, 0.25) is 0 Å². The fourth-order valence-corrected chi connectivity index (χ4v) is 4.10. The second-order valence-electron chi connectivity index (χ2n) is 8.94. The molecule has 0 saturated carbocycles. The Kier molecular flexibility index (Phi) is 11.2. The van der Waals surface area contributed by atoms with E-state index in [9.17, 15) is 9.59 Å². The van der Waals surface area contributed by atoms with E-state index < -0.39 is 11.8 Å². The molecular weight excluding hydrogens is 593 g/mol. The summed E-state index contributed by atoms with van der Waals surface area (Å²) in [5.41, 5.74) is 5.00. The first-order chi connectivity index (χ1) is 20.9. The maximum atomic E-state index is 12.8. The van der Waals surface area contributed by atoms with Crippen LogP contribution < -0.4 is 29.7 Å². The Hall–Kier alpha value is -4.73. The summed E-state index contributed by atoms with van der Waals surface area (Å²) in [7, 11) is 1.48. The molecule has 0 aliphatic carbocycles. The first-order valence-electron chi connectivity index (χ1n) is 13.2. The molecule has 0 aliphatic heterocycles. The van der Waals surface area contributed by atoms with Crippen molar-refractivity contribution in [3.8, 4) is 23.0 Å². The van der Waals surface area contributed by atoms with Gasteiger partial charge in [0.1, 0.15) is 6.61 Å². The lowest BCUT2D eigenvalue weighted by Crippen LogP contribution is -2.20. The highest BCUT2D eigenvalue weighted by Gasteiger charge is 2.13. The van der Waals surface area contributed by atoms with Crippen LogP contribution in [0, 0.1) is 0 Å². The molecule has 4 rings (SSSR count). The number of methoxy groups -OCH3 is 1. The largest absolute Gasteiger partial charge is 0.493 e. The van der Waals surface area contributed by atoms with Gasteiger partial charge in [-0.2, -0.15) is 5.10 Å². The normalized spacial score (nSPS) is 10.7. The summed E-state index contributed by atoms with van der Waals surface area (Å²) in [4.78, 5) is 25.1. The lowest BCUT2D eigenvalue weighted by molar-refractivity contribution is -0.118. The molecule has 43 heavy (non-hydrogen) atoms. The molecule has 0 saturated heterocycles. The van der Waals surface area contributed by atoms with E-state index in [1.807, 2.05) is 37.3 Å². The summed E-state index contributed by atoms with van der Waals surface area (Å²) in [6.07, 6.45) is 1.46. The molecule has 0 spiro atoms. The van der Waals surface area contributed by atoms with Crippen LogP contribution in [0.1, 0.15) is 28.4 Å². The molecule has 0 heterocycles. The van der Waals surface area contributed by atoms with Crippen LogP contribution in [0.4, 0.5) is 5.69 Å². The Morgan fingerprint density at radius 2 is 1.58 bits per heavy atom. The van der Waals surface area contributed by atoms with Crippen LogP contribution in [0.3, 0.4) is 0 Å². The molecule has 0 radical (unpaired) electrons. The van der Waals surface area contributed by atoms with Crippen molar-refractivity contribution in [2.75, 3.05) is 25.6 Å². The number of amides is 2. The smallest absolute Gasteiger partial charge is 0.271 e. The minimum atomic E-state index is -0.424. The van der Waals surface area contributed by atoms with Crippen LogP contribution in [0.15, 0.2) is 90.0 Å². The van der Waals surface area contributed by atoms with Crippen molar-refractivity contribution >= 4 is 46.9 Å². The van der Waals surface area contributed by atoms with Crippen molar-refractivity contribution in [1.29, 1.82) is 0 Å². The zero-order valence-electron chi connectivity index (χ0n) is 23.4. The first-order valence-corrected chi connectivity index (χ1v) is 13.9. The van der Waals surface area contributed by atoms with E-state index in [1.165, 1.54) is 13.3 Å². The van der Waals surface area contributed by atoms with Gasteiger partial charge < -0.3 is 24.3 Å². The number of carbonyl (C=O) groups is 2. The Balaban J connectivity index is 1.33. The van der Waals surface area contributed by atoms with Gasteiger partial charge in [-0.25, -0.2) is 5.43 Å². The number of hydrogen-bond acceptors (Lipinski definition) is 7. The lowest BCUT2D eigenvalue weighted by Gasteiger charge is -2.13. The topological polar surface area (TPSA) is 107 Å². The predicted octanol–water partition coefficient (Wildman–Crippen LogP) is 6.76. The monoisotopic (exact) mass is 621 g/mol. The molecule has 2 amide bonds. The Bertz CT molecular complexity index is 1600. The fraction of sp³-hybridized carbons (Fsp3) is 0.156. The molecule has 9 nitrogen and oxygen atoms in total. The zero-order chi connectivity index (χ0) is 30.6. The highest BCUT2D eigenvalue weighted by atomic mass is 35.5. The third-order valence-corrected chi connectivity index (χ3v) is 6.61. The number of benzene rings is 4. The predicted molar refractivity (Wildman–Crippen MR) is 167 cm³/mol. The summed E-state index contributed by atoms with van der Waals surface area (Å²) in [5, 5.41) is 7.45. The molecule has 11 heteroatoms. The van der Waals surface area contributed by atoms with Crippen molar-refractivity contribution in [3.63, 3.8) is 0 Å². The van der Waals surface area contributed by atoms with Crippen molar-refractivity contribution in [3.05, 3.63) is 112 Å². The van der Waals surface area contributed by atoms with Crippen LogP contribution in [0.2, 0.25) is 10.0 Å². The molecule has 2 N–H and O–H groups in total. The maximum absolute atomic E-state index is 12.8. The molecule has 0 fully saturated rings. The van der Waals surface area contributed by atoms with Crippen LogP contribution >= 0.6 is 23.2 Å². The second-order valence-corrected chi connectivity index (χ2v) is 9.76. The van der Waals surface area contributed by atoms with Gasteiger partial charge in [0.05, 0.1) is 30.0 Å². The number of carbonyl (C=O) groups excluding carboxylic acids is 2. The Labute approximate surface area is 259 Å². The number of hydrazone groups is 1.